The first-order chi connectivity index (χ1) is 17.1. The number of anilines is 2. The molecule has 3 aromatic rings. The third-order valence-electron chi connectivity index (χ3n) is 6.27. The molecule has 0 radical (unpaired) electrons. The minimum atomic E-state index is -4.58. The van der Waals surface area contributed by atoms with Crippen LogP contribution in [0.3, 0.4) is 0 Å². The molecule has 1 fully saturated rings. The fraction of sp³-hybridized carbons (Fsp3) is 0.308. The maximum absolute atomic E-state index is 12.7. The molecule has 1 amide bonds. The van der Waals surface area contributed by atoms with Gasteiger partial charge in [-0.2, -0.15) is 13.2 Å². The molecule has 7 nitrogen and oxygen atoms in total. The molecule has 4 rings (SSSR count). The normalized spacial score (nSPS) is 15.0. The highest BCUT2D eigenvalue weighted by Gasteiger charge is 2.32. The highest BCUT2D eigenvalue weighted by atomic mass is 19.4. The number of carbonyl (C=O) groups excluding carboxylic acids is 1. The summed E-state index contributed by atoms with van der Waals surface area (Å²) in [6.07, 6.45) is 2.24. The minimum Gasteiger partial charge on any atom is -0.398 e. The summed E-state index contributed by atoms with van der Waals surface area (Å²) in [6.45, 7) is 5.18. The lowest BCUT2D eigenvalue weighted by atomic mass is 9.98. The van der Waals surface area contributed by atoms with E-state index in [1.807, 2.05) is 12.3 Å². The predicted molar refractivity (Wildman–Crippen MR) is 132 cm³/mol. The Labute approximate surface area is 207 Å². The molecule has 0 aliphatic carbocycles. The van der Waals surface area contributed by atoms with E-state index >= 15 is 0 Å². The number of likely N-dealkylation sites (tertiary alicyclic amines) is 1. The Morgan fingerprint density at radius 2 is 1.86 bits per heavy atom. The van der Waals surface area contributed by atoms with Gasteiger partial charge < -0.3 is 11.1 Å². The quantitative estimate of drug-likeness (QED) is 0.329. The fourth-order valence-corrected chi connectivity index (χ4v) is 4.11. The van der Waals surface area contributed by atoms with Crippen LogP contribution in [0.1, 0.15) is 36.6 Å². The van der Waals surface area contributed by atoms with E-state index in [1.54, 1.807) is 24.4 Å². The Kier molecular flexibility index (Phi) is 7.35. The van der Waals surface area contributed by atoms with Gasteiger partial charge in [0.1, 0.15) is 11.4 Å². The number of benzene rings is 1. The molecular weight excluding hydrogens is 469 g/mol. The van der Waals surface area contributed by atoms with E-state index in [9.17, 15) is 18.0 Å². The number of rotatable bonds is 6. The van der Waals surface area contributed by atoms with Crippen molar-refractivity contribution in [1.82, 2.24) is 14.9 Å². The summed E-state index contributed by atoms with van der Waals surface area (Å²) in [5.41, 5.74) is 7.69. The van der Waals surface area contributed by atoms with Crippen molar-refractivity contribution in [3.05, 3.63) is 71.8 Å². The molecule has 1 aliphatic rings. The number of carbonyl (C=O) groups is 1. The van der Waals surface area contributed by atoms with E-state index < -0.39 is 23.5 Å². The second kappa shape index (κ2) is 10.4. The number of nitrogens with one attached hydrogen (secondary N) is 2. The highest BCUT2D eigenvalue weighted by Crippen LogP contribution is 2.28. The van der Waals surface area contributed by atoms with Crippen LogP contribution in [0.15, 0.2) is 55.0 Å². The smallest absolute Gasteiger partial charge is 0.398 e. The van der Waals surface area contributed by atoms with Crippen molar-refractivity contribution in [2.24, 2.45) is 5.92 Å². The van der Waals surface area contributed by atoms with E-state index in [2.05, 4.69) is 27.1 Å². The van der Waals surface area contributed by atoms with Gasteiger partial charge in [-0.1, -0.05) is 13.0 Å². The SMILES string of the molecule is CC1CCN(Cc2cncc(-c3ccc(N)c(C(=N)C(=O)Nc4ccc(C(F)(F)F)nc4)c3)c2)CC1. The molecule has 188 valence electrons. The summed E-state index contributed by atoms with van der Waals surface area (Å²) >= 11 is 0. The van der Waals surface area contributed by atoms with Gasteiger partial charge in [-0.25, -0.2) is 4.98 Å². The number of pyridine rings is 2. The maximum Gasteiger partial charge on any atom is 0.433 e. The van der Waals surface area contributed by atoms with E-state index in [-0.39, 0.29) is 16.9 Å². The Hall–Kier alpha value is -3.79. The largest absolute Gasteiger partial charge is 0.433 e. The predicted octanol–water partition coefficient (Wildman–Crippen LogP) is 4.98. The Morgan fingerprint density at radius 1 is 1.11 bits per heavy atom. The number of nitrogens with zero attached hydrogens (tertiary/aromatic N) is 3. The maximum atomic E-state index is 12.7. The van der Waals surface area contributed by atoms with Gasteiger partial charge in [0.05, 0.1) is 11.9 Å². The number of halogens is 3. The van der Waals surface area contributed by atoms with E-state index in [4.69, 9.17) is 11.1 Å². The lowest BCUT2D eigenvalue weighted by Gasteiger charge is -2.30. The average Bonchev–Trinajstić information content (AvgIpc) is 2.85. The van der Waals surface area contributed by atoms with Crippen molar-refractivity contribution in [2.45, 2.75) is 32.5 Å². The molecule has 0 unspecified atom stereocenters. The monoisotopic (exact) mass is 496 g/mol. The third kappa shape index (κ3) is 6.06. The van der Waals surface area contributed by atoms with E-state index in [1.165, 1.54) is 12.8 Å². The number of amides is 1. The molecule has 1 saturated heterocycles. The van der Waals surface area contributed by atoms with Crippen LogP contribution in [-0.4, -0.2) is 39.6 Å². The molecule has 36 heavy (non-hydrogen) atoms. The molecule has 0 bridgehead atoms. The standard InChI is InChI=1S/C26H27F3N6O/c1-16-6-8-35(9-7-16)15-17-10-19(13-32-12-17)18-2-4-22(30)21(11-18)24(31)25(36)34-20-3-5-23(33-14-20)26(27,28)29/h2-5,10-14,16,31H,6-9,15,30H2,1H3,(H,34,36). The van der Waals surface area contributed by atoms with Crippen molar-refractivity contribution in [1.29, 1.82) is 5.41 Å². The van der Waals surface area contributed by atoms with Crippen molar-refractivity contribution < 1.29 is 18.0 Å². The first kappa shape index (κ1) is 25.3. The average molecular weight is 497 g/mol. The fourth-order valence-electron chi connectivity index (χ4n) is 4.11. The van der Waals surface area contributed by atoms with Crippen LogP contribution in [-0.2, 0) is 17.5 Å². The van der Waals surface area contributed by atoms with Gasteiger partial charge in [0.2, 0.25) is 0 Å². The van der Waals surface area contributed by atoms with Gasteiger partial charge in [0.25, 0.3) is 5.91 Å². The highest BCUT2D eigenvalue weighted by molar-refractivity contribution is 6.48. The molecular formula is C26H27F3N6O. The summed E-state index contributed by atoms with van der Waals surface area (Å²) in [4.78, 5) is 22.7. The third-order valence-corrected chi connectivity index (χ3v) is 6.27. The van der Waals surface area contributed by atoms with Crippen molar-refractivity contribution in [3.63, 3.8) is 0 Å². The van der Waals surface area contributed by atoms with Crippen LogP contribution in [0.2, 0.25) is 0 Å². The van der Waals surface area contributed by atoms with Crippen LogP contribution < -0.4 is 11.1 Å². The molecule has 1 aliphatic heterocycles. The topological polar surface area (TPSA) is 108 Å². The number of hydrogen-bond acceptors (Lipinski definition) is 6. The molecule has 0 spiro atoms. The molecule has 1 aromatic carbocycles. The number of nitrogens with two attached hydrogens (primary N) is 1. The van der Waals surface area contributed by atoms with Gasteiger partial charge >= 0.3 is 6.18 Å². The van der Waals surface area contributed by atoms with Gasteiger partial charge in [-0.3, -0.25) is 20.1 Å². The Bertz CT molecular complexity index is 1250. The van der Waals surface area contributed by atoms with Crippen LogP contribution in [0.4, 0.5) is 24.5 Å². The van der Waals surface area contributed by atoms with Crippen LogP contribution in [0, 0.1) is 11.3 Å². The molecule has 4 N–H and O–H groups in total. The summed E-state index contributed by atoms with van der Waals surface area (Å²) in [5, 5.41) is 10.7. The van der Waals surface area contributed by atoms with Gasteiger partial charge in [0, 0.05) is 35.8 Å². The van der Waals surface area contributed by atoms with Gasteiger partial charge in [-0.15, -0.1) is 0 Å². The molecule has 10 heteroatoms. The van der Waals surface area contributed by atoms with Crippen LogP contribution in [0.25, 0.3) is 11.1 Å². The number of aromatic nitrogens is 2. The second-order valence-corrected chi connectivity index (χ2v) is 9.10. The summed E-state index contributed by atoms with van der Waals surface area (Å²) in [7, 11) is 0. The summed E-state index contributed by atoms with van der Waals surface area (Å²) < 4.78 is 38.1. The van der Waals surface area contributed by atoms with E-state index in [0.29, 0.717) is 0 Å². The lowest BCUT2D eigenvalue weighted by Crippen LogP contribution is -2.32. The van der Waals surface area contributed by atoms with E-state index in [0.717, 1.165) is 60.6 Å². The number of alkyl halides is 3. The zero-order chi connectivity index (χ0) is 25.9. The van der Waals surface area contributed by atoms with Crippen molar-refractivity contribution in [2.75, 3.05) is 24.1 Å². The lowest BCUT2D eigenvalue weighted by molar-refractivity contribution is -0.141. The first-order valence-corrected chi connectivity index (χ1v) is 11.6. The van der Waals surface area contributed by atoms with Crippen LogP contribution in [0.5, 0.6) is 0 Å². The molecule has 0 atom stereocenters. The second-order valence-electron chi connectivity index (χ2n) is 9.10. The Morgan fingerprint density at radius 3 is 2.53 bits per heavy atom. The van der Waals surface area contributed by atoms with Gasteiger partial charge in [-0.05, 0) is 73.3 Å². The zero-order valence-corrected chi connectivity index (χ0v) is 19.8. The molecule has 2 aromatic heterocycles. The van der Waals surface area contributed by atoms with Crippen molar-refractivity contribution in [3.8, 4) is 11.1 Å². The number of nitrogen functional groups attached to an aromatic ring is 1. The zero-order valence-electron chi connectivity index (χ0n) is 19.8. The molecule has 3 heterocycles. The number of hydrogen-bond donors (Lipinski definition) is 3. The van der Waals surface area contributed by atoms with Gasteiger partial charge in [0.15, 0.2) is 0 Å². The first-order valence-electron chi connectivity index (χ1n) is 11.6. The summed E-state index contributed by atoms with van der Waals surface area (Å²) in [5.74, 6) is -0.0615. The minimum absolute atomic E-state index is 0.0384. The Balaban J connectivity index is 1.49. The summed E-state index contributed by atoms with van der Waals surface area (Å²) in [6, 6.07) is 8.95. The van der Waals surface area contributed by atoms with Crippen LogP contribution >= 0.6 is 0 Å². The molecule has 0 saturated carbocycles. The van der Waals surface area contributed by atoms with Crippen molar-refractivity contribution >= 4 is 23.0 Å². The number of piperidine rings is 1.